The van der Waals surface area contributed by atoms with Crippen molar-refractivity contribution in [2.24, 2.45) is 0 Å². The summed E-state index contributed by atoms with van der Waals surface area (Å²) in [5, 5.41) is 0. The normalized spacial score (nSPS) is 17.1. The van der Waals surface area contributed by atoms with E-state index < -0.39 is 0 Å². The van der Waals surface area contributed by atoms with Gasteiger partial charge in [-0.1, -0.05) is 12.1 Å². The standard InChI is InChI=1S/C16H16BrN3O3/c1-22-14-8-18-9-15(19-14)23-11-6-7-20(10-11)16(21)12-4-2-3-5-13(12)17/h2-5,8-9,11H,6-7,10H2,1H3. The van der Waals surface area contributed by atoms with E-state index in [1.54, 1.807) is 11.1 Å². The van der Waals surface area contributed by atoms with Crippen molar-refractivity contribution in [1.29, 1.82) is 0 Å². The molecule has 0 spiro atoms. The lowest BCUT2D eigenvalue weighted by Crippen LogP contribution is -2.31. The number of hydrogen-bond acceptors (Lipinski definition) is 5. The summed E-state index contributed by atoms with van der Waals surface area (Å²) in [7, 11) is 1.53. The van der Waals surface area contributed by atoms with Gasteiger partial charge in [-0.05, 0) is 28.1 Å². The van der Waals surface area contributed by atoms with E-state index in [0.717, 1.165) is 10.9 Å². The Bertz CT molecular complexity index is 710. The van der Waals surface area contributed by atoms with E-state index in [4.69, 9.17) is 9.47 Å². The van der Waals surface area contributed by atoms with Gasteiger partial charge in [0.05, 0.1) is 31.6 Å². The van der Waals surface area contributed by atoms with Gasteiger partial charge in [-0.2, -0.15) is 4.98 Å². The first kappa shape index (κ1) is 15.7. The summed E-state index contributed by atoms with van der Waals surface area (Å²) >= 11 is 3.42. The maximum absolute atomic E-state index is 12.6. The Morgan fingerprint density at radius 1 is 1.30 bits per heavy atom. The highest BCUT2D eigenvalue weighted by Gasteiger charge is 2.29. The maximum Gasteiger partial charge on any atom is 0.255 e. The van der Waals surface area contributed by atoms with Crippen molar-refractivity contribution in [3.63, 3.8) is 0 Å². The monoisotopic (exact) mass is 377 g/mol. The van der Waals surface area contributed by atoms with E-state index >= 15 is 0 Å². The average Bonchev–Trinajstić information content (AvgIpc) is 3.03. The Balaban J connectivity index is 1.64. The smallest absolute Gasteiger partial charge is 0.255 e. The Labute approximate surface area is 142 Å². The van der Waals surface area contributed by atoms with Crippen molar-refractivity contribution in [2.75, 3.05) is 20.2 Å². The number of likely N-dealkylation sites (tertiary alicyclic amines) is 1. The number of carbonyl (C=O) groups excluding carboxylic acids is 1. The van der Waals surface area contributed by atoms with Gasteiger partial charge in [0.2, 0.25) is 11.8 Å². The second-order valence-corrected chi connectivity index (χ2v) is 6.01. The number of ether oxygens (including phenoxy) is 2. The molecule has 0 N–H and O–H groups in total. The molecule has 0 radical (unpaired) electrons. The van der Waals surface area contributed by atoms with E-state index in [2.05, 4.69) is 25.9 Å². The topological polar surface area (TPSA) is 64.6 Å². The summed E-state index contributed by atoms with van der Waals surface area (Å²) in [5.41, 5.74) is 0.661. The first-order chi connectivity index (χ1) is 11.2. The zero-order valence-electron chi connectivity index (χ0n) is 12.6. The van der Waals surface area contributed by atoms with Crippen LogP contribution in [0.3, 0.4) is 0 Å². The first-order valence-corrected chi connectivity index (χ1v) is 8.03. The third-order valence-corrected chi connectivity index (χ3v) is 4.31. The van der Waals surface area contributed by atoms with Crippen LogP contribution in [0.4, 0.5) is 0 Å². The Kier molecular flexibility index (Phi) is 4.76. The van der Waals surface area contributed by atoms with Crippen LogP contribution in [0.25, 0.3) is 0 Å². The molecule has 1 amide bonds. The fraction of sp³-hybridized carbons (Fsp3) is 0.312. The van der Waals surface area contributed by atoms with Crippen LogP contribution in [0.1, 0.15) is 16.8 Å². The number of amides is 1. The average molecular weight is 378 g/mol. The van der Waals surface area contributed by atoms with Gasteiger partial charge in [0.25, 0.3) is 5.91 Å². The number of nitrogens with zero attached hydrogens (tertiary/aromatic N) is 3. The number of methoxy groups -OCH3 is 1. The first-order valence-electron chi connectivity index (χ1n) is 7.24. The van der Waals surface area contributed by atoms with E-state index in [1.807, 2.05) is 24.3 Å². The van der Waals surface area contributed by atoms with Crippen LogP contribution in [-0.2, 0) is 0 Å². The fourth-order valence-corrected chi connectivity index (χ4v) is 2.93. The van der Waals surface area contributed by atoms with Crippen LogP contribution >= 0.6 is 15.9 Å². The quantitative estimate of drug-likeness (QED) is 0.818. The molecule has 1 aliphatic heterocycles. The molecule has 1 aliphatic rings. The number of benzene rings is 1. The Hall–Kier alpha value is -2.15. The van der Waals surface area contributed by atoms with Crippen LogP contribution < -0.4 is 9.47 Å². The van der Waals surface area contributed by atoms with E-state index in [1.165, 1.54) is 13.3 Å². The van der Waals surface area contributed by atoms with Gasteiger partial charge in [-0.15, -0.1) is 0 Å². The largest absolute Gasteiger partial charge is 0.480 e. The van der Waals surface area contributed by atoms with E-state index in [-0.39, 0.29) is 12.0 Å². The Morgan fingerprint density at radius 2 is 2.09 bits per heavy atom. The summed E-state index contributed by atoms with van der Waals surface area (Å²) in [6, 6.07) is 7.42. The van der Waals surface area contributed by atoms with Crippen molar-refractivity contribution < 1.29 is 14.3 Å². The molecule has 1 saturated heterocycles. The zero-order valence-corrected chi connectivity index (χ0v) is 14.2. The third kappa shape index (κ3) is 3.61. The van der Waals surface area contributed by atoms with Gasteiger partial charge in [0.15, 0.2) is 0 Å². The number of aromatic nitrogens is 2. The molecule has 120 valence electrons. The van der Waals surface area contributed by atoms with Crippen LogP contribution in [0.5, 0.6) is 11.8 Å². The summed E-state index contributed by atoms with van der Waals surface area (Å²) in [6.45, 7) is 1.18. The lowest BCUT2D eigenvalue weighted by Gasteiger charge is -2.17. The molecule has 1 unspecified atom stereocenters. The molecule has 0 aliphatic carbocycles. The number of hydrogen-bond donors (Lipinski definition) is 0. The highest BCUT2D eigenvalue weighted by molar-refractivity contribution is 9.10. The van der Waals surface area contributed by atoms with E-state index in [0.29, 0.717) is 30.4 Å². The summed E-state index contributed by atoms with van der Waals surface area (Å²) in [4.78, 5) is 22.5. The molecular weight excluding hydrogens is 362 g/mol. The van der Waals surface area contributed by atoms with Crippen molar-refractivity contribution >= 4 is 21.8 Å². The summed E-state index contributed by atoms with van der Waals surface area (Å²) in [6.07, 6.45) is 3.72. The molecule has 2 heterocycles. The number of carbonyl (C=O) groups is 1. The maximum atomic E-state index is 12.6. The van der Waals surface area contributed by atoms with Crippen LogP contribution in [0.2, 0.25) is 0 Å². The number of rotatable bonds is 4. The molecule has 2 aromatic rings. The second-order valence-electron chi connectivity index (χ2n) is 5.16. The molecule has 23 heavy (non-hydrogen) atoms. The SMILES string of the molecule is COc1cncc(OC2CCN(C(=O)c3ccccc3Br)C2)n1. The van der Waals surface area contributed by atoms with Crippen LogP contribution in [0.15, 0.2) is 41.1 Å². The predicted molar refractivity (Wildman–Crippen MR) is 87.7 cm³/mol. The molecule has 3 rings (SSSR count). The fourth-order valence-electron chi connectivity index (χ4n) is 2.47. The molecule has 1 fully saturated rings. The third-order valence-electron chi connectivity index (χ3n) is 3.62. The van der Waals surface area contributed by atoms with Crippen molar-refractivity contribution in [2.45, 2.75) is 12.5 Å². The van der Waals surface area contributed by atoms with Crippen molar-refractivity contribution in [1.82, 2.24) is 14.9 Å². The molecule has 0 saturated carbocycles. The number of halogens is 1. The molecule has 6 nitrogen and oxygen atoms in total. The molecule has 7 heteroatoms. The second kappa shape index (κ2) is 6.95. The van der Waals surface area contributed by atoms with Gasteiger partial charge >= 0.3 is 0 Å². The molecular formula is C16H16BrN3O3. The summed E-state index contributed by atoms with van der Waals surface area (Å²) in [5.74, 6) is 0.812. The van der Waals surface area contributed by atoms with Crippen molar-refractivity contribution in [3.05, 3.63) is 46.7 Å². The minimum atomic E-state index is -0.0946. The highest BCUT2D eigenvalue weighted by Crippen LogP contribution is 2.22. The molecule has 1 atom stereocenters. The van der Waals surface area contributed by atoms with Gasteiger partial charge < -0.3 is 14.4 Å². The molecule has 1 aromatic heterocycles. The van der Waals surface area contributed by atoms with E-state index in [9.17, 15) is 4.79 Å². The van der Waals surface area contributed by atoms with Gasteiger partial charge in [0.1, 0.15) is 6.10 Å². The molecule has 0 bridgehead atoms. The summed E-state index contributed by atoms with van der Waals surface area (Å²) < 4.78 is 11.6. The van der Waals surface area contributed by atoms with Gasteiger partial charge in [-0.25, -0.2) is 0 Å². The predicted octanol–water partition coefficient (Wildman–Crippen LogP) is 2.54. The minimum Gasteiger partial charge on any atom is -0.480 e. The van der Waals surface area contributed by atoms with Gasteiger partial charge in [0, 0.05) is 17.4 Å². The Morgan fingerprint density at radius 3 is 2.87 bits per heavy atom. The van der Waals surface area contributed by atoms with Crippen molar-refractivity contribution in [3.8, 4) is 11.8 Å². The zero-order chi connectivity index (χ0) is 16.2. The minimum absolute atomic E-state index is 0.000279. The lowest BCUT2D eigenvalue weighted by molar-refractivity contribution is 0.0770. The lowest BCUT2D eigenvalue weighted by atomic mass is 10.2. The van der Waals surface area contributed by atoms with Crippen LogP contribution in [-0.4, -0.2) is 47.1 Å². The molecule has 1 aromatic carbocycles. The van der Waals surface area contributed by atoms with Gasteiger partial charge in [-0.3, -0.25) is 9.78 Å². The highest BCUT2D eigenvalue weighted by atomic mass is 79.9. The van der Waals surface area contributed by atoms with Crippen LogP contribution in [0, 0.1) is 0 Å².